The Morgan fingerprint density at radius 1 is 1.16 bits per heavy atom. The number of hydrogen-bond acceptors (Lipinski definition) is 4. The van der Waals surface area contributed by atoms with Crippen molar-refractivity contribution in [2.75, 3.05) is 13.7 Å². The van der Waals surface area contributed by atoms with Crippen LogP contribution in [-0.2, 0) is 0 Å². The number of aromatic carboxylic acids is 1. The first-order chi connectivity index (χ1) is 12.0. The number of halogens is 1. The maximum absolute atomic E-state index is 13.1. The van der Waals surface area contributed by atoms with E-state index in [-0.39, 0.29) is 11.4 Å². The van der Waals surface area contributed by atoms with E-state index in [1.165, 1.54) is 25.3 Å². The van der Waals surface area contributed by atoms with Gasteiger partial charge < -0.3 is 14.6 Å². The van der Waals surface area contributed by atoms with E-state index < -0.39 is 5.97 Å². The van der Waals surface area contributed by atoms with Crippen molar-refractivity contribution >= 4 is 16.9 Å². The van der Waals surface area contributed by atoms with Crippen molar-refractivity contribution in [1.29, 1.82) is 0 Å². The van der Waals surface area contributed by atoms with E-state index in [1.807, 2.05) is 6.92 Å². The van der Waals surface area contributed by atoms with Crippen molar-refractivity contribution in [2.45, 2.75) is 6.92 Å². The highest BCUT2D eigenvalue weighted by Crippen LogP contribution is 2.35. The molecule has 128 valence electrons. The molecule has 3 rings (SSSR count). The average Bonchev–Trinajstić information content (AvgIpc) is 2.61. The lowest BCUT2D eigenvalue weighted by molar-refractivity contribution is 0.0699. The molecule has 3 aromatic rings. The molecular weight excluding hydrogens is 325 g/mol. The number of rotatable bonds is 5. The third-order valence-electron chi connectivity index (χ3n) is 3.76. The van der Waals surface area contributed by atoms with E-state index >= 15 is 0 Å². The molecule has 0 unspecified atom stereocenters. The lowest BCUT2D eigenvalue weighted by atomic mass is 10.0. The lowest BCUT2D eigenvalue weighted by Gasteiger charge is -2.13. The summed E-state index contributed by atoms with van der Waals surface area (Å²) in [5.74, 6) is -0.528. The maximum atomic E-state index is 13.1. The normalized spacial score (nSPS) is 10.7. The zero-order valence-electron chi connectivity index (χ0n) is 13.7. The summed E-state index contributed by atoms with van der Waals surface area (Å²) in [5.41, 5.74) is 1.61. The molecule has 25 heavy (non-hydrogen) atoms. The Hall–Kier alpha value is -3.15. The minimum Gasteiger partial charge on any atom is -0.493 e. The second kappa shape index (κ2) is 6.76. The van der Waals surface area contributed by atoms with Crippen LogP contribution in [0.5, 0.6) is 11.5 Å². The van der Waals surface area contributed by atoms with Crippen LogP contribution in [-0.4, -0.2) is 29.8 Å². The van der Waals surface area contributed by atoms with E-state index in [1.54, 1.807) is 24.3 Å². The Morgan fingerprint density at radius 2 is 1.88 bits per heavy atom. The van der Waals surface area contributed by atoms with Crippen LogP contribution in [0.4, 0.5) is 4.39 Å². The molecule has 0 aliphatic heterocycles. The molecule has 0 atom stereocenters. The fourth-order valence-electron chi connectivity index (χ4n) is 2.61. The Kier molecular flexibility index (Phi) is 4.52. The van der Waals surface area contributed by atoms with Gasteiger partial charge in [0.15, 0.2) is 11.5 Å². The molecule has 0 aliphatic carbocycles. The summed E-state index contributed by atoms with van der Waals surface area (Å²) < 4.78 is 24.0. The molecule has 6 heteroatoms. The van der Waals surface area contributed by atoms with Gasteiger partial charge in [0.1, 0.15) is 5.82 Å². The van der Waals surface area contributed by atoms with E-state index in [0.29, 0.717) is 40.3 Å². The Bertz CT molecular complexity index is 938. The van der Waals surface area contributed by atoms with Crippen molar-refractivity contribution in [2.24, 2.45) is 0 Å². The second-order valence-corrected chi connectivity index (χ2v) is 5.32. The zero-order chi connectivity index (χ0) is 18.0. The average molecular weight is 341 g/mol. The smallest absolute Gasteiger partial charge is 0.336 e. The third kappa shape index (κ3) is 3.24. The third-order valence-corrected chi connectivity index (χ3v) is 3.76. The number of benzene rings is 2. The van der Waals surface area contributed by atoms with Gasteiger partial charge in [-0.25, -0.2) is 14.2 Å². The maximum Gasteiger partial charge on any atom is 0.336 e. The summed E-state index contributed by atoms with van der Waals surface area (Å²) >= 11 is 0. The first kappa shape index (κ1) is 16.7. The number of methoxy groups -OCH3 is 1. The van der Waals surface area contributed by atoms with Gasteiger partial charge in [-0.15, -0.1) is 0 Å². The van der Waals surface area contributed by atoms with Gasteiger partial charge in [-0.1, -0.05) is 0 Å². The minimum absolute atomic E-state index is 0.0907. The molecule has 0 radical (unpaired) electrons. The van der Waals surface area contributed by atoms with Gasteiger partial charge in [0.2, 0.25) is 0 Å². The van der Waals surface area contributed by atoms with Crippen molar-refractivity contribution in [3.05, 3.63) is 53.8 Å². The highest BCUT2D eigenvalue weighted by molar-refractivity contribution is 6.04. The fourth-order valence-corrected chi connectivity index (χ4v) is 2.61. The summed E-state index contributed by atoms with van der Waals surface area (Å²) in [7, 11) is 1.51. The molecule has 1 heterocycles. The van der Waals surface area contributed by atoms with Gasteiger partial charge in [0.05, 0.1) is 30.5 Å². The number of fused-ring (bicyclic) bond motifs is 1. The Balaban J connectivity index is 2.27. The van der Waals surface area contributed by atoms with Gasteiger partial charge in [0, 0.05) is 17.0 Å². The predicted octanol–water partition coefficient (Wildman–Crippen LogP) is 4.15. The van der Waals surface area contributed by atoms with Gasteiger partial charge >= 0.3 is 5.97 Å². The standard InChI is InChI=1S/C19H16FNO4/c1-3-25-18-9-13-14(19(22)23)8-15(11-4-6-12(20)7-5-11)21-16(13)10-17(18)24-2/h4-10H,3H2,1-2H3,(H,22,23). The molecule has 5 nitrogen and oxygen atoms in total. The molecule has 0 spiro atoms. The first-order valence-corrected chi connectivity index (χ1v) is 7.68. The molecule has 0 bridgehead atoms. The van der Waals surface area contributed by atoms with Crippen molar-refractivity contribution in [3.63, 3.8) is 0 Å². The van der Waals surface area contributed by atoms with Gasteiger partial charge in [0.25, 0.3) is 0 Å². The predicted molar refractivity (Wildman–Crippen MR) is 91.8 cm³/mol. The summed E-state index contributed by atoms with van der Waals surface area (Å²) in [6, 6.07) is 10.4. The van der Waals surface area contributed by atoms with E-state index in [4.69, 9.17) is 9.47 Å². The van der Waals surface area contributed by atoms with Crippen LogP contribution in [0.25, 0.3) is 22.2 Å². The largest absolute Gasteiger partial charge is 0.493 e. The Labute approximate surface area is 143 Å². The van der Waals surface area contributed by atoms with Crippen LogP contribution >= 0.6 is 0 Å². The van der Waals surface area contributed by atoms with Crippen molar-refractivity contribution < 1.29 is 23.8 Å². The molecular formula is C19H16FNO4. The summed E-state index contributed by atoms with van der Waals surface area (Å²) in [5, 5.41) is 10.0. The van der Waals surface area contributed by atoms with Gasteiger partial charge in [-0.3, -0.25) is 0 Å². The number of carboxylic acids is 1. The lowest BCUT2D eigenvalue weighted by Crippen LogP contribution is -2.02. The van der Waals surface area contributed by atoms with Crippen LogP contribution < -0.4 is 9.47 Å². The summed E-state index contributed by atoms with van der Waals surface area (Å²) in [6.45, 7) is 2.25. The molecule has 1 N–H and O–H groups in total. The number of aromatic nitrogens is 1. The molecule has 0 amide bonds. The first-order valence-electron chi connectivity index (χ1n) is 7.68. The van der Waals surface area contributed by atoms with Gasteiger partial charge in [-0.05, 0) is 43.3 Å². The zero-order valence-corrected chi connectivity index (χ0v) is 13.7. The summed E-state index contributed by atoms with van der Waals surface area (Å²) in [4.78, 5) is 16.2. The molecule has 0 aliphatic rings. The van der Waals surface area contributed by atoms with Crippen molar-refractivity contribution in [1.82, 2.24) is 4.98 Å². The fraction of sp³-hybridized carbons (Fsp3) is 0.158. The second-order valence-electron chi connectivity index (χ2n) is 5.32. The number of ether oxygens (including phenoxy) is 2. The van der Waals surface area contributed by atoms with E-state index in [2.05, 4.69) is 4.98 Å². The highest BCUT2D eigenvalue weighted by Gasteiger charge is 2.16. The minimum atomic E-state index is -1.08. The van der Waals surface area contributed by atoms with Gasteiger partial charge in [-0.2, -0.15) is 0 Å². The van der Waals surface area contributed by atoms with E-state index in [9.17, 15) is 14.3 Å². The molecule has 0 saturated heterocycles. The quantitative estimate of drug-likeness (QED) is 0.755. The number of carboxylic acid groups (broad SMARTS) is 1. The monoisotopic (exact) mass is 341 g/mol. The topological polar surface area (TPSA) is 68.7 Å². The van der Waals surface area contributed by atoms with Crippen LogP contribution in [0.3, 0.4) is 0 Å². The number of nitrogens with zero attached hydrogens (tertiary/aromatic N) is 1. The number of pyridine rings is 1. The molecule has 2 aromatic carbocycles. The molecule has 0 fully saturated rings. The molecule has 0 saturated carbocycles. The highest BCUT2D eigenvalue weighted by atomic mass is 19.1. The van der Waals surface area contributed by atoms with Crippen LogP contribution in [0, 0.1) is 5.82 Å². The number of carbonyl (C=O) groups is 1. The van der Waals surface area contributed by atoms with Crippen LogP contribution in [0.1, 0.15) is 17.3 Å². The van der Waals surface area contributed by atoms with Crippen LogP contribution in [0.15, 0.2) is 42.5 Å². The van der Waals surface area contributed by atoms with Crippen LogP contribution in [0.2, 0.25) is 0 Å². The Morgan fingerprint density at radius 3 is 2.48 bits per heavy atom. The number of hydrogen-bond donors (Lipinski definition) is 1. The summed E-state index contributed by atoms with van der Waals surface area (Å²) in [6.07, 6.45) is 0. The van der Waals surface area contributed by atoms with Crippen molar-refractivity contribution in [3.8, 4) is 22.8 Å². The SMILES string of the molecule is CCOc1cc2c(C(=O)O)cc(-c3ccc(F)cc3)nc2cc1OC. The van der Waals surface area contributed by atoms with E-state index in [0.717, 1.165) is 0 Å². The molecule has 1 aromatic heterocycles.